The van der Waals surface area contributed by atoms with Gasteiger partial charge in [0.05, 0.1) is 49.1 Å². The third kappa shape index (κ3) is 5.54. The molecule has 1 aliphatic carbocycles. The second-order valence-corrected chi connectivity index (χ2v) is 12.1. The molecule has 2 amide bonds. The molecule has 5 bridgehead atoms. The lowest BCUT2D eigenvalue weighted by atomic mass is 9.79. The lowest BCUT2D eigenvalue weighted by Gasteiger charge is -2.24. The van der Waals surface area contributed by atoms with Crippen LogP contribution in [0.1, 0.15) is 43.9 Å². The van der Waals surface area contributed by atoms with E-state index in [-0.39, 0.29) is 23.8 Å². The van der Waals surface area contributed by atoms with Gasteiger partial charge in [-0.3, -0.25) is 19.7 Å². The van der Waals surface area contributed by atoms with E-state index in [9.17, 15) is 14.4 Å². The van der Waals surface area contributed by atoms with Crippen LogP contribution in [0.3, 0.4) is 0 Å². The van der Waals surface area contributed by atoms with Crippen LogP contribution in [0, 0.1) is 6.92 Å². The predicted molar refractivity (Wildman–Crippen MR) is 168 cm³/mol. The van der Waals surface area contributed by atoms with E-state index in [1.165, 1.54) is 11.1 Å². The number of likely N-dealkylation sites (N-methyl/N-ethyl adjacent to an activating group) is 1. The molecule has 12 nitrogen and oxygen atoms in total. The molecular formula is C34H34N6O6. The van der Waals surface area contributed by atoms with Gasteiger partial charge in [0, 0.05) is 55.5 Å². The van der Waals surface area contributed by atoms with Crippen LogP contribution in [0.5, 0.6) is 0 Å². The molecule has 3 aliphatic rings. The minimum atomic E-state index is -1.09. The van der Waals surface area contributed by atoms with E-state index in [2.05, 4.69) is 25.5 Å². The van der Waals surface area contributed by atoms with Crippen molar-refractivity contribution in [3.05, 3.63) is 88.0 Å². The Morgan fingerprint density at radius 3 is 2.76 bits per heavy atom. The van der Waals surface area contributed by atoms with Crippen LogP contribution in [0.25, 0.3) is 17.0 Å². The number of anilines is 1. The summed E-state index contributed by atoms with van der Waals surface area (Å²) in [4.78, 5) is 51.4. The van der Waals surface area contributed by atoms with Gasteiger partial charge >= 0.3 is 5.97 Å². The van der Waals surface area contributed by atoms with Gasteiger partial charge in [-0.1, -0.05) is 18.2 Å². The van der Waals surface area contributed by atoms with Crippen LogP contribution in [0.4, 0.5) is 5.82 Å². The summed E-state index contributed by atoms with van der Waals surface area (Å²) in [6.45, 7) is 3.70. The number of ether oxygens (including phenoxy) is 3. The molecule has 3 aromatic heterocycles. The number of amides is 2. The van der Waals surface area contributed by atoms with Crippen molar-refractivity contribution in [2.24, 2.45) is 0 Å². The van der Waals surface area contributed by atoms with Crippen LogP contribution in [0.2, 0.25) is 0 Å². The van der Waals surface area contributed by atoms with Crippen LogP contribution >= 0.6 is 0 Å². The third-order valence-electron chi connectivity index (χ3n) is 8.94. The first kappa shape index (κ1) is 29.8. The summed E-state index contributed by atoms with van der Waals surface area (Å²) >= 11 is 0. The van der Waals surface area contributed by atoms with E-state index < -0.39 is 17.5 Å². The van der Waals surface area contributed by atoms with Crippen molar-refractivity contribution in [3.8, 4) is 0 Å². The summed E-state index contributed by atoms with van der Waals surface area (Å²) < 4.78 is 17.3. The molecular weight excluding hydrogens is 588 g/mol. The van der Waals surface area contributed by atoms with Crippen molar-refractivity contribution >= 4 is 40.6 Å². The Morgan fingerprint density at radius 2 is 1.87 bits per heavy atom. The second-order valence-electron chi connectivity index (χ2n) is 12.1. The molecule has 4 aromatic rings. The highest BCUT2D eigenvalue weighted by Crippen LogP contribution is 2.46. The number of benzene rings is 1. The maximum absolute atomic E-state index is 13.7. The van der Waals surface area contributed by atoms with Crippen LogP contribution in [-0.4, -0.2) is 89.0 Å². The predicted octanol–water partition coefficient (Wildman–Crippen LogP) is 2.94. The van der Waals surface area contributed by atoms with Gasteiger partial charge in [0.2, 0.25) is 5.91 Å². The number of pyridine rings is 2. The van der Waals surface area contributed by atoms with Crippen molar-refractivity contribution in [1.29, 1.82) is 0 Å². The molecule has 236 valence electrons. The SMILES string of the molecule is Cc1cc(C[C@H]2OC(=O)c3cnc4c(c3)C[C@@]3(C4)C(=O)Nc4ncc(cc43)/C=C\COCCOCCN(C)C2=O)cc2cn[nH]c12. The Labute approximate surface area is 265 Å². The highest BCUT2D eigenvalue weighted by molar-refractivity contribution is 6.06. The number of aromatic amines is 1. The number of carbonyl (C=O) groups is 3. The molecule has 12 heteroatoms. The summed E-state index contributed by atoms with van der Waals surface area (Å²) in [7, 11) is 1.66. The average molecular weight is 623 g/mol. The van der Waals surface area contributed by atoms with E-state index in [1.807, 2.05) is 37.3 Å². The van der Waals surface area contributed by atoms with Crippen LogP contribution < -0.4 is 5.32 Å². The molecule has 2 N–H and O–H groups in total. The van der Waals surface area contributed by atoms with Gasteiger partial charge in [0.15, 0.2) is 6.10 Å². The van der Waals surface area contributed by atoms with Gasteiger partial charge < -0.3 is 24.4 Å². The Hall–Kier alpha value is -4.94. The summed E-state index contributed by atoms with van der Waals surface area (Å²) in [5, 5.41) is 10.9. The maximum Gasteiger partial charge on any atom is 0.340 e. The number of aryl methyl sites for hydroxylation is 1. The van der Waals surface area contributed by atoms with E-state index in [4.69, 9.17) is 14.2 Å². The number of nitrogens with zero attached hydrogens (tertiary/aromatic N) is 4. The number of aromatic nitrogens is 4. The van der Waals surface area contributed by atoms with E-state index >= 15 is 0 Å². The quantitative estimate of drug-likeness (QED) is 0.322. The molecule has 5 heterocycles. The number of fused-ring (bicyclic) bond motifs is 3. The normalized spacial score (nSPS) is 22.8. The first-order valence-corrected chi connectivity index (χ1v) is 15.3. The molecule has 2 aliphatic heterocycles. The molecule has 2 atom stereocenters. The summed E-state index contributed by atoms with van der Waals surface area (Å²) in [6.07, 6.45) is 8.54. The highest BCUT2D eigenvalue weighted by Gasteiger charge is 2.52. The first-order valence-electron chi connectivity index (χ1n) is 15.3. The number of hydrogen-bond donors (Lipinski definition) is 2. The Balaban J connectivity index is 1.20. The number of hydrogen-bond acceptors (Lipinski definition) is 9. The molecule has 0 saturated heterocycles. The van der Waals surface area contributed by atoms with Crippen LogP contribution in [0.15, 0.2) is 48.9 Å². The number of cyclic esters (lactones) is 1. The van der Waals surface area contributed by atoms with Crippen molar-refractivity contribution in [2.75, 3.05) is 45.3 Å². The maximum atomic E-state index is 13.7. The number of H-pyrrole nitrogens is 1. The van der Waals surface area contributed by atoms with Gasteiger partial charge in [-0.05, 0) is 53.8 Å². The number of carbonyl (C=O) groups excluding carboxylic acids is 3. The van der Waals surface area contributed by atoms with E-state index in [0.717, 1.165) is 44.4 Å². The van der Waals surface area contributed by atoms with Crippen molar-refractivity contribution < 1.29 is 28.6 Å². The van der Waals surface area contributed by atoms with Crippen molar-refractivity contribution in [2.45, 2.75) is 37.7 Å². The first-order chi connectivity index (χ1) is 22.3. The van der Waals surface area contributed by atoms with Gasteiger partial charge in [-0.15, -0.1) is 0 Å². The zero-order valence-electron chi connectivity index (χ0n) is 25.7. The molecule has 0 fully saturated rings. The van der Waals surface area contributed by atoms with Gasteiger partial charge in [0.1, 0.15) is 5.82 Å². The summed E-state index contributed by atoms with van der Waals surface area (Å²) in [6, 6.07) is 7.60. The van der Waals surface area contributed by atoms with Gasteiger partial charge in [-0.2, -0.15) is 5.10 Å². The average Bonchev–Trinajstić information content (AvgIpc) is 3.75. The van der Waals surface area contributed by atoms with Gasteiger partial charge in [-0.25, -0.2) is 9.78 Å². The van der Waals surface area contributed by atoms with E-state index in [0.29, 0.717) is 51.6 Å². The fourth-order valence-electron chi connectivity index (χ4n) is 6.51. The molecule has 0 radical (unpaired) electrons. The molecule has 7 rings (SSSR count). The topological polar surface area (TPSA) is 149 Å². The molecule has 46 heavy (non-hydrogen) atoms. The van der Waals surface area contributed by atoms with Crippen molar-refractivity contribution in [3.63, 3.8) is 0 Å². The minimum absolute atomic E-state index is 0.144. The number of esters is 1. The second kappa shape index (κ2) is 12.1. The monoisotopic (exact) mass is 622 g/mol. The van der Waals surface area contributed by atoms with Crippen molar-refractivity contribution in [1.82, 2.24) is 25.1 Å². The summed E-state index contributed by atoms with van der Waals surface area (Å²) in [5.41, 5.74) is 5.24. The fourth-order valence-corrected chi connectivity index (χ4v) is 6.51. The fraction of sp³-hybridized carbons (Fsp3) is 0.353. The highest BCUT2D eigenvalue weighted by atomic mass is 16.5. The molecule has 0 unspecified atom stereocenters. The lowest BCUT2D eigenvalue weighted by molar-refractivity contribution is -0.140. The lowest BCUT2D eigenvalue weighted by Crippen LogP contribution is -2.42. The van der Waals surface area contributed by atoms with Gasteiger partial charge in [0.25, 0.3) is 5.91 Å². The number of rotatable bonds is 2. The van der Waals surface area contributed by atoms with E-state index in [1.54, 1.807) is 25.5 Å². The summed E-state index contributed by atoms with van der Waals surface area (Å²) in [5.74, 6) is -0.618. The van der Waals surface area contributed by atoms with Crippen LogP contribution in [-0.2, 0) is 48.5 Å². The largest absolute Gasteiger partial charge is 0.448 e. The zero-order valence-corrected chi connectivity index (χ0v) is 25.7. The zero-order chi connectivity index (χ0) is 31.8. The minimum Gasteiger partial charge on any atom is -0.448 e. The Kier molecular flexibility index (Phi) is 7.83. The molecule has 0 saturated carbocycles. The molecule has 1 spiro atoms. The molecule has 1 aromatic carbocycles. The Bertz CT molecular complexity index is 1890. The standard InChI is InChI=1S/C34H34N6O6/c1-20-10-22(11-24-19-37-39-29(20)24)13-28-31(41)40(2)5-7-45-9-8-44-6-3-4-21-12-26-30(36-17-21)38-33(43)34(26)15-23-14-25(32(42)46-28)18-35-27(23)16-34/h3-4,10-12,14,17-19,28H,5-9,13,15-16H2,1-2H3,(H,37,39)(H,36,38,43)/b4-3-/t28-,34+/m1/s1. The third-order valence-corrected chi connectivity index (χ3v) is 8.94. The number of nitrogens with one attached hydrogen (secondary N) is 2. The smallest absolute Gasteiger partial charge is 0.340 e. The Morgan fingerprint density at radius 1 is 1.00 bits per heavy atom.